The van der Waals surface area contributed by atoms with E-state index >= 15 is 0 Å². The summed E-state index contributed by atoms with van der Waals surface area (Å²) in [5.74, 6) is 2.92. The number of anilines is 2. The van der Waals surface area contributed by atoms with Crippen LogP contribution in [-0.2, 0) is 6.42 Å². The molecule has 0 bridgehead atoms. The van der Waals surface area contributed by atoms with Crippen LogP contribution in [0.1, 0.15) is 19.4 Å². The van der Waals surface area contributed by atoms with E-state index in [4.69, 9.17) is 9.47 Å². The van der Waals surface area contributed by atoms with Crippen molar-refractivity contribution in [1.29, 1.82) is 0 Å². The molecule has 0 amide bonds. The molecular formula is C17H24N4O2. The molecular weight excluding hydrogens is 292 g/mol. The maximum atomic E-state index is 5.32. The summed E-state index contributed by atoms with van der Waals surface area (Å²) in [4.78, 5) is 8.66. The largest absolute Gasteiger partial charge is 0.493 e. The highest BCUT2D eigenvalue weighted by Crippen LogP contribution is 2.27. The molecule has 23 heavy (non-hydrogen) atoms. The average Bonchev–Trinajstić information content (AvgIpc) is 2.54. The van der Waals surface area contributed by atoms with Crippen LogP contribution in [0, 0.1) is 0 Å². The molecule has 124 valence electrons. The topological polar surface area (TPSA) is 68.3 Å². The Bertz CT molecular complexity index is 632. The Morgan fingerprint density at radius 3 is 2.57 bits per heavy atom. The number of nitrogens with one attached hydrogen (secondary N) is 2. The van der Waals surface area contributed by atoms with Gasteiger partial charge < -0.3 is 20.1 Å². The van der Waals surface area contributed by atoms with Crippen molar-refractivity contribution in [2.75, 3.05) is 31.4 Å². The molecule has 0 aliphatic heterocycles. The summed E-state index contributed by atoms with van der Waals surface area (Å²) < 4.78 is 10.6. The Hall–Kier alpha value is -2.50. The second kappa shape index (κ2) is 8.22. The number of ether oxygens (including phenoxy) is 2. The molecule has 6 nitrogen and oxygen atoms in total. The molecule has 6 heteroatoms. The van der Waals surface area contributed by atoms with E-state index in [2.05, 4.69) is 34.4 Å². The molecule has 0 atom stereocenters. The highest BCUT2D eigenvalue weighted by Gasteiger charge is 2.05. The molecule has 2 rings (SSSR count). The number of methoxy groups -OCH3 is 2. The van der Waals surface area contributed by atoms with E-state index in [-0.39, 0.29) is 0 Å². The minimum absolute atomic E-state index is 0.338. The zero-order valence-electron chi connectivity index (χ0n) is 14.1. The summed E-state index contributed by atoms with van der Waals surface area (Å²) >= 11 is 0. The zero-order valence-corrected chi connectivity index (χ0v) is 14.1. The van der Waals surface area contributed by atoms with Crippen LogP contribution in [0.2, 0.25) is 0 Å². The highest BCUT2D eigenvalue weighted by molar-refractivity contribution is 5.43. The summed E-state index contributed by atoms with van der Waals surface area (Å²) in [7, 11) is 3.27. The Morgan fingerprint density at radius 1 is 1.09 bits per heavy atom. The van der Waals surface area contributed by atoms with Gasteiger partial charge >= 0.3 is 0 Å². The third-order valence-corrected chi connectivity index (χ3v) is 3.24. The first-order valence-electron chi connectivity index (χ1n) is 7.66. The number of benzene rings is 1. The molecule has 0 spiro atoms. The van der Waals surface area contributed by atoms with Gasteiger partial charge in [-0.05, 0) is 44.0 Å². The molecule has 1 heterocycles. The number of rotatable bonds is 8. The minimum Gasteiger partial charge on any atom is -0.493 e. The minimum atomic E-state index is 0.338. The number of aromatic nitrogens is 2. The van der Waals surface area contributed by atoms with Crippen molar-refractivity contribution in [1.82, 2.24) is 9.97 Å². The summed E-state index contributed by atoms with van der Waals surface area (Å²) in [6, 6.07) is 8.13. The van der Waals surface area contributed by atoms with Crippen LogP contribution < -0.4 is 20.1 Å². The second-order valence-electron chi connectivity index (χ2n) is 5.43. The van der Waals surface area contributed by atoms with Crippen molar-refractivity contribution < 1.29 is 9.47 Å². The molecule has 2 N–H and O–H groups in total. The standard InChI is InChI=1S/C17H24N4O2/c1-12(2)20-16-8-10-19-17(21-16)18-9-7-13-5-6-14(22-3)15(11-13)23-4/h5-6,8,10-12H,7,9H2,1-4H3,(H2,18,19,20,21). The first-order valence-corrected chi connectivity index (χ1v) is 7.66. The van der Waals surface area contributed by atoms with Gasteiger partial charge in [0.1, 0.15) is 5.82 Å². The van der Waals surface area contributed by atoms with Gasteiger partial charge in [0, 0.05) is 18.8 Å². The SMILES string of the molecule is COc1ccc(CCNc2nccc(NC(C)C)n2)cc1OC. The lowest BCUT2D eigenvalue weighted by Crippen LogP contribution is -2.13. The van der Waals surface area contributed by atoms with Crippen molar-refractivity contribution in [2.24, 2.45) is 0 Å². The summed E-state index contributed by atoms with van der Waals surface area (Å²) in [5, 5.41) is 6.50. The molecule has 0 aliphatic rings. The first kappa shape index (κ1) is 16.9. The van der Waals surface area contributed by atoms with Crippen LogP contribution in [0.5, 0.6) is 11.5 Å². The van der Waals surface area contributed by atoms with Crippen molar-refractivity contribution in [2.45, 2.75) is 26.3 Å². The summed E-state index contributed by atoms with van der Waals surface area (Å²) in [6.45, 7) is 4.89. The van der Waals surface area contributed by atoms with Crippen LogP contribution in [0.4, 0.5) is 11.8 Å². The van der Waals surface area contributed by atoms with Crippen molar-refractivity contribution >= 4 is 11.8 Å². The van der Waals surface area contributed by atoms with E-state index in [1.807, 2.05) is 24.3 Å². The monoisotopic (exact) mass is 316 g/mol. The fraction of sp³-hybridized carbons (Fsp3) is 0.412. The molecule has 0 saturated carbocycles. The Kier molecular flexibility index (Phi) is 6.02. The van der Waals surface area contributed by atoms with E-state index in [1.54, 1.807) is 20.4 Å². The van der Waals surface area contributed by atoms with Gasteiger partial charge in [-0.15, -0.1) is 0 Å². The third-order valence-electron chi connectivity index (χ3n) is 3.24. The third kappa shape index (κ3) is 5.02. The molecule has 0 fully saturated rings. The van der Waals surface area contributed by atoms with Gasteiger partial charge in [-0.3, -0.25) is 0 Å². The Labute approximate surface area is 137 Å². The van der Waals surface area contributed by atoms with Crippen LogP contribution in [0.3, 0.4) is 0 Å². The van der Waals surface area contributed by atoms with Crippen LogP contribution in [0.25, 0.3) is 0 Å². The maximum Gasteiger partial charge on any atom is 0.224 e. The van der Waals surface area contributed by atoms with Gasteiger partial charge in [0.15, 0.2) is 11.5 Å². The lowest BCUT2D eigenvalue weighted by molar-refractivity contribution is 0.354. The van der Waals surface area contributed by atoms with E-state index in [0.29, 0.717) is 12.0 Å². The van der Waals surface area contributed by atoms with Gasteiger partial charge in [-0.1, -0.05) is 6.07 Å². The average molecular weight is 316 g/mol. The lowest BCUT2D eigenvalue weighted by Gasteiger charge is -2.11. The van der Waals surface area contributed by atoms with Crippen molar-refractivity contribution in [3.63, 3.8) is 0 Å². The Balaban J connectivity index is 1.92. The maximum absolute atomic E-state index is 5.32. The van der Waals surface area contributed by atoms with E-state index in [1.165, 1.54) is 0 Å². The summed E-state index contributed by atoms with van der Waals surface area (Å²) in [6.07, 6.45) is 2.59. The molecule has 1 aromatic carbocycles. The molecule has 0 unspecified atom stereocenters. The highest BCUT2D eigenvalue weighted by atomic mass is 16.5. The number of hydrogen-bond acceptors (Lipinski definition) is 6. The predicted molar refractivity (Wildman–Crippen MR) is 92.5 cm³/mol. The van der Waals surface area contributed by atoms with Crippen molar-refractivity contribution in [3.8, 4) is 11.5 Å². The van der Waals surface area contributed by atoms with E-state index in [9.17, 15) is 0 Å². The Morgan fingerprint density at radius 2 is 1.87 bits per heavy atom. The van der Waals surface area contributed by atoms with E-state index < -0.39 is 0 Å². The molecule has 0 radical (unpaired) electrons. The van der Waals surface area contributed by atoms with Crippen LogP contribution in [0.15, 0.2) is 30.5 Å². The lowest BCUT2D eigenvalue weighted by atomic mass is 10.1. The van der Waals surface area contributed by atoms with Gasteiger partial charge in [-0.2, -0.15) is 4.98 Å². The van der Waals surface area contributed by atoms with Crippen LogP contribution >= 0.6 is 0 Å². The second-order valence-corrected chi connectivity index (χ2v) is 5.43. The number of hydrogen-bond donors (Lipinski definition) is 2. The molecule has 2 aromatic rings. The summed E-state index contributed by atoms with van der Waals surface area (Å²) in [5.41, 5.74) is 1.16. The quantitative estimate of drug-likeness (QED) is 0.780. The zero-order chi connectivity index (χ0) is 16.7. The van der Waals surface area contributed by atoms with E-state index in [0.717, 1.165) is 35.8 Å². The normalized spacial score (nSPS) is 10.5. The molecule has 1 aromatic heterocycles. The fourth-order valence-corrected chi connectivity index (χ4v) is 2.17. The van der Waals surface area contributed by atoms with Gasteiger partial charge in [-0.25, -0.2) is 4.98 Å². The molecule has 0 saturated heterocycles. The molecule has 0 aliphatic carbocycles. The smallest absolute Gasteiger partial charge is 0.224 e. The first-order chi connectivity index (χ1) is 11.1. The van der Waals surface area contributed by atoms with Crippen LogP contribution in [-0.4, -0.2) is 36.8 Å². The number of nitrogens with zero attached hydrogens (tertiary/aromatic N) is 2. The fourth-order valence-electron chi connectivity index (χ4n) is 2.17. The van der Waals surface area contributed by atoms with Gasteiger partial charge in [0.2, 0.25) is 5.95 Å². The predicted octanol–water partition coefficient (Wildman–Crippen LogP) is 2.97. The van der Waals surface area contributed by atoms with Gasteiger partial charge in [0.05, 0.1) is 14.2 Å². The van der Waals surface area contributed by atoms with Gasteiger partial charge in [0.25, 0.3) is 0 Å². The van der Waals surface area contributed by atoms with Crippen molar-refractivity contribution in [3.05, 3.63) is 36.0 Å².